The smallest absolute Gasteiger partial charge is 0.124 e. The van der Waals surface area contributed by atoms with E-state index in [9.17, 15) is 4.39 Å². The van der Waals surface area contributed by atoms with E-state index in [0.29, 0.717) is 17.4 Å². The van der Waals surface area contributed by atoms with Crippen molar-refractivity contribution in [2.75, 3.05) is 0 Å². The maximum atomic E-state index is 12.7. The fourth-order valence-electron chi connectivity index (χ4n) is 1.18. The molecule has 78 valence electrons. The summed E-state index contributed by atoms with van der Waals surface area (Å²) in [5.74, 6) is 0.0907. The minimum atomic E-state index is -0.308. The van der Waals surface area contributed by atoms with Gasteiger partial charge in [-0.25, -0.2) is 4.39 Å². The molecule has 1 rings (SSSR count). The summed E-state index contributed by atoms with van der Waals surface area (Å²) in [5, 5.41) is 0.459. The molecule has 0 aliphatic rings. The van der Waals surface area contributed by atoms with Gasteiger partial charge in [0.1, 0.15) is 5.82 Å². The Labute approximate surface area is 89.1 Å². The van der Waals surface area contributed by atoms with Gasteiger partial charge in [-0.1, -0.05) is 31.5 Å². The highest BCUT2D eigenvalue weighted by molar-refractivity contribution is 6.31. The summed E-state index contributed by atoms with van der Waals surface area (Å²) in [5.41, 5.74) is 6.81. The molecule has 1 atom stereocenters. The van der Waals surface area contributed by atoms with Crippen molar-refractivity contribution in [1.29, 1.82) is 0 Å². The van der Waals surface area contributed by atoms with Crippen LogP contribution in [0, 0.1) is 11.7 Å². The van der Waals surface area contributed by atoms with Crippen molar-refractivity contribution >= 4 is 11.6 Å². The fraction of sp³-hybridized carbons (Fsp3) is 0.455. The zero-order valence-electron chi connectivity index (χ0n) is 8.43. The van der Waals surface area contributed by atoms with Gasteiger partial charge < -0.3 is 5.73 Å². The Hall–Kier alpha value is -0.600. The number of hydrogen-bond acceptors (Lipinski definition) is 1. The quantitative estimate of drug-likeness (QED) is 0.824. The van der Waals surface area contributed by atoms with E-state index in [4.69, 9.17) is 17.3 Å². The molecule has 1 aromatic rings. The third kappa shape index (κ3) is 2.96. The van der Waals surface area contributed by atoms with Gasteiger partial charge in [-0.2, -0.15) is 0 Å². The number of rotatable bonds is 3. The van der Waals surface area contributed by atoms with E-state index in [-0.39, 0.29) is 11.9 Å². The Morgan fingerprint density at radius 1 is 1.43 bits per heavy atom. The van der Waals surface area contributed by atoms with Crippen LogP contribution in [0.5, 0.6) is 0 Å². The van der Waals surface area contributed by atoms with Gasteiger partial charge in [0.25, 0.3) is 0 Å². The van der Waals surface area contributed by atoms with Crippen LogP contribution in [0.2, 0.25) is 5.02 Å². The van der Waals surface area contributed by atoms with Gasteiger partial charge in [-0.05, 0) is 30.0 Å². The third-order valence-corrected chi connectivity index (χ3v) is 2.68. The van der Waals surface area contributed by atoms with Crippen LogP contribution in [0.4, 0.5) is 4.39 Å². The predicted molar refractivity (Wildman–Crippen MR) is 57.9 cm³/mol. The van der Waals surface area contributed by atoms with Crippen molar-refractivity contribution in [2.24, 2.45) is 11.7 Å². The highest BCUT2D eigenvalue weighted by atomic mass is 35.5. The second-order valence-electron chi connectivity index (χ2n) is 3.85. The van der Waals surface area contributed by atoms with E-state index in [1.54, 1.807) is 6.07 Å². The van der Waals surface area contributed by atoms with Gasteiger partial charge in [-0.3, -0.25) is 0 Å². The molecule has 0 aliphatic heterocycles. The molecule has 1 unspecified atom stereocenters. The molecule has 0 radical (unpaired) electrons. The molecule has 0 heterocycles. The molecule has 0 saturated heterocycles. The van der Waals surface area contributed by atoms with E-state index < -0.39 is 0 Å². The van der Waals surface area contributed by atoms with E-state index in [1.807, 2.05) is 0 Å². The first kappa shape index (κ1) is 11.5. The zero-order valence-corrected chi connectivity index (χ0v) is 9.18. The topological polar surface area (TPSA) is 26.0 Å². The lowest BCUT2D eigenvalue weighted by Crippen LogP contribution is -2.28. The molecule has 0 aliphatic carbocycles. The highest BCUT2D eigenvalue weighted by Crippen LogP contribution is 2.19. The predicted octanol–water partition coefficient (Wildman–Crippen LogP) is 3.00. The van der Waals surface area contributed by atoms with Crippen molar-refractivity contribution in [1.82, 2.24) is 0 Å². The lowest BCUT2D eigenvalue weighted by Gasteiger charge is -2.16. The van der Waals surface area contributed by atoms with E-state index in [2.05, 4.69) is 13.8 Å². The molecule has 0 bridgehead atoms. The molecule has 0 amide bonds. The number of halogens is 2. The maximum Gasteiger partial charge on any atom is 0.124 e. The summed E-state index contributed by atoms with van der Waals surface area (Å²) in [6.45, 7) is 4.12. The largest absolute Gasteiger partial charge is 0.327 e. The molecule has 0 spiro atoms. The first-order chi connectivity index (χ1) is 6.50. The second kappa shape index (κ2) is 4.76. The van der Waals surface area contributed by atoms with Crippen LogP contribution in [-0.4, -0.2) is 6.04 Å². The van der Waals surface area contributed by atoms with Gasteiger partial charge in [0.05, 0.1) is 0 Å². The minimum Gasteiger partial charge on any atom is -0.327 e. The lowest BCUT2D eigenvalue weighted by molar-refractivity contribution is 0.490. The van der Waals surface area contributed by atoms with Crippen molar-refractivity contribution in [3.05, 3.63) is 34.6 Å². The first-order valence-corrected chi connectivity index (χ1v) is 5.08. The first-order valence-electron chi connectivity index (χ1n) is 4.70. The lowest BCUT2D eigenvalue weighted by atomic mass is 9.97. The van der Waals surface area contributed by atoms with Crippen molar-refractivity contribution in [3.63, 3.8) is 0 Å². The summed E-state index contributed by atoms with van der Waals surface area (Å²) in [6, 6.07) is 4.50. The van der Waals surface area contributed by atoms with Crippen LogP contribution in [0.15, 0.2) is 18.2 Å². The van der Waals surface area contributed by atoms with Crippen LogP contribution in [-0.2, 0) is 6.42 Å². The summed E-state index contributed by atoms with van der Waals surface area (Å²) >= 11 is 5.88. The molecule has 14 heavy (non-hydrogen) atoms. The molecule has 2 N–H and O–H groups in total. The van der Waals surface area contributed by atoms with E-state index in [1.165, 1.54) is 12.1 Å². The molecule has 3 heteroatoms. The molecule has 1 aromatic carbocycles. The monoisotopic (exact) mass is 215 g/mol. The van der Waals surface area contributed by atoms with Crippen molar-refractivity contribution in [3.8, 4) is 0 Å². The van der Waals surface area contributed by atoms with Crippen molar-refractivity contribution in [2.45, 2.75) is 26.3 Å². The highest BCUT2D eigenvalue weighted by Gasteiger charge is 2.10. The van der Waals surface area contributed by atoms with Crippen LogP contribution >= 0.6 is 11.6 Å². The van der Waals surface area contributed by atoms with Crippen LogP contribution < -0.4 is 5.73 Å². The van der Waals surface area contributed by atoms with E-state index >= 15 is 0 Å². The van der Waals surface area contributed by atoms with Crippen LogP contribution in [0.1, 0.15) is 19.4 Å². The van der Waals surface area contributed by atoms with Gasteiger partial charge in [-0.15, -0.1) is 0 Å². The zero-order chi connectivity index (χ0) is 10.7. The maximum absolute atomic E-state index is 12.7. The minimum absolute atomic E-state index is 0.0676. The van der Waals surface area contributed by atoms with Gasteiger partial charge in [0.15, 0.2) is 0 Å². The van der Waals surface area contributed by atoms with E-state index in [0.717, 1.165) is 5.56 Å². The van der Waals surface area contributed by atoms with Crippen molar-refractivity contribution < 1.29 is 4.39 Å². The molecular weight excluding hydrogens is 201 g/mol. The van der Waals surface area contributed by atoms with Gasteiger partial charge in [0.2, 0.25) is 0 Å². The molecule has 1 nitrogen and oxygen atoms in total. The Balaban J connectivity index is 2.77. The molecule has 0 aromatic heterocycles. The second-order valence-corrected chi connectivity index (χ2v) is 4.25. The Morgan fingerprint density at radius 3 is 2.57 bits per heavy atom. The number of benzene rings is 1. The number of hydrogen-bond donors (Lipinski definition) is 1. The average molecular weight is 216 g/mol. The Bertz CT molecular complexity index is 312. The molecule has 0 saturated carbocycles. The average Bonchev–Trinajstić information content (AvgIpc) is 2.09. The molecular formula is C11H15ClFN. The van der Waals surface area contributed by atoms with Crippen LogP contribution in [0.3, 0.4) is 0 Å². The van der Waals surface area contributed by atoms with Gasteiger partial charge >= 0.3 is 0 Å². The third-order valence-electron chi connectivity index (χ3n) is 2.33. The van der Waals surface area contributed by atoms with Gasteiger partial charge in [0, 0.05) is 11.1 Å². The summed E-state index contributed by atoms with van der Waals surface area (Å²) in [6.07, 6.45) is 0.691. The standard InChI is InChI=1S/C11H15ClFN/c1-7(2)11(14)5-8-3-4-9(13)6-10(8)12/h3-4,6-7,11H,5,14H2,1-2H3. The number of nitrogens with two attached hydrogens (primary N) is 1. The SMILES string of the molecule is CC(C)C(N)Cc1ccc(F)cc1Cl. The van der Waals surface area contributed by atoms with Crippen LogP contribution in [0.25, 0.3) is 0 Å². The Kier molecular flexibility index (Phi) is 3.90. The molecule has 0 fully saturated rings. The summed E-state index contributed by atoms with van der Waals surface area (Å²) < 4.78 is 12.7. The Morgan fingerprint density at radius 2 is 2.07 bits per heavy atom. The summed E-state index contributed by atoms with van der Waals surface area (Å²) in [4.78, 5) is 0. The fourth-order valence-corrected chi connectivity index (χ4v) is 1.42. The summed E-state index contributed by atoms with van der Waals surface area (Å²) in [7, 11) is 0. The normalized spacial score (nSPS) is 13.3.